The van der Waals surface area contributed by atoms with Gasteiger partial charge in [-0.05, 0) is 36.8 Å². The van der Waals surface area contributed by atoms with E-state index in [0.29, 0.717) is 12.0 Å². The Hall–Kier alpha value is -0.800. The Kier molecular flexibility index (Phi) is 3.66. The van der Waals surface area contributed by atoms with E-state index in [4.69, 9.17) is 9.15 Å². The van der Waals surface area contributed by atoms with Crippen LogP contribution in [-0.2, 0) is 17.9 Å². The van der Waals surface area contributed by atoms with Gasteiger partial charge in [0, 0.05) is 13.7 Å². The van der Waals surface area contributed by atoms with Gasteiger partial charge in [0.2, 0.25) is 0 Å². The van der Waals surface area contributed by atoms with Crippen LogP contribution in [0, 0.1) is 5.41 Å². The van der Waals surface area contributed by atoms with E-state index in [-0.39, 0.29) is 0 Å². The lowest BCUT2D eigenvalue weighted by atomic mass is 10.0. The van der Waals surface area contributed by atoms with Crippen LogP contribution in [0.25, 0.3) is 0 Å². The topological polar surface area (TPSA) is 34.4 Å². The number of methoxy groups -OCH3 is 1. The van der Waals surface area contributed by atoms with Gasteiger partial charge >= 0.3 is 0 Å². The maximum Gasteiger partial charge on any atom is 0.129 e. The van der Waals surface area contributed by atoms with Crippen molar-refractivity contribution in [2.24, 2.45) is 5.41 Å². The summed E-state index contributed by atoms with van der Waals surface area (Å²) in [6.07, 6.45) is 4.04. The predicted molar refractivity (Wildman–Crippen MR) is 63.1 cm³/mol. The van der Waals surface area contributed by atoms with Crippen LogP contribution in [0.4, 0.5) is 0 Å². The van der Waals surface area contributed by atoms with Gasteiger partial charge in [0.1, 0.15) is 18.1 Å². The molecule has 1 saturated carbocycles. The number of hydrogen-bond donors (Lipinski definition) is 1. The van der Waals surface area contributed by atoms with Crippen LogP contribution in [0.5, 0.6) is 0 Å². The van der Waals surface area contributed by atoms with Crippen molar-refractivity contribution >= 4 is 0 Å². The van der Waals surface area contributed by atoms with E-state index in [1.54, 1.807) is 7.11 Å². The fraction of sp³-hybridized carbons (Fsp3) is 0.692. The van der Waals surface area contributed by atoms with Gasteiger partial charge in [-0.15, -0.1) is 0 Å². The normalized spacial score (nSPS) is 17.6. The molecule has 1 aromatic rings. The highest BCUT2D eigenvalue weighted by Crippen LogP contribution is 2.47. The summed E-state index contributed by atoms with van der Waals surface area (Å²) in [6.45, 7) is 4.77. The molecule has 1 fully saturated rings. The third kappa shape index (κ3) is 2.86. The monoisotopic (exact) mass is 223 g/mol. The van der Waals surface area contributed by atoms with Crippen molar-refractivity contribution in [3.8, 4) is 0 Å². The van der Waals surface area contributed by atoms with Gasteiger partial charge in [-0.25, -0.2) is 0 Å². The summed E-state index contributed by atoms with van der Waals surface area (Å²) >= 11 is 0. The highest BCUT2D eigenvalue weighted by Gasteiger charge is 2.39. The summed E-state index contributed by atoms with van der Waals surface area (Å²) in [4.78, 5) is 0. The molecule has 0 radical (unpaired) electrons. The molecule has 0 aromatic carbocycles. The Labute approximate surface area is 97.2 Å². The maximum atomic E-state index is 5.61. The zero-order valence-electron chi connectivity index (χ0n) is 10.2. The van der Waals surface area contributed by atoms with Crippen molar-refractivity contribution in [2.75, 3.05) is 13.7 Å². The zero-order valence-corrected chi connectivity index (χ0v) is 10.2. The van der Waals surface area contributed by atoms with Gasteiger partial charge < -0.3 is 14.5 Å². The number of ether oxygens (including phenoxy) is 1. The Bertz CT molecular complexity index is 328. The molecule has 1 N–H and O–H groups in total. The molecule has 1 aromatic heterocycles. The van der Waals surface area contributed by atoms with Crippen molar-refractivity contribution in [1.82, 2.24) is 5.32 Å². The second-order valence-corrected chi connectivity index (χ2v) is 4.76. The quantitative estimate of drug-likeness (QED) is 0.771. The summed E-state index contributed by atoms with van der Waals surface area (Å²) in [5, 5.41) is 3.48. The standard InChI is InChI=1S/C13H21NO2/c1-3-13(6-7-13)10-14-8-11-4-5-12(16-11)9-15-2/h4-5,14H,3,6-10H2,1-2H3. The van der Waals surface area contributed by atoms with E-state index in [9.17, 15) is 0 Å². The second kappa shape index (κ2) is 5.02. The smallest absolute Gasteiger partial charge is 0.129 e. The molecule has 0 unspecified atom stereocenters. The van der Waals surface area contributed by atoms with Crippen LogP contribution in [-0.4, -0.2) is 13.7 Å². The average molecular weight is 223 g/mol. The highest BCUT2D eigenvalue weighted by atomic mass is 16.5. The molecule has 1 aliphatic rings. The molecular weight excluding hydrogens is 202 g/mol. The van der Waals surface area contributed by atoms with Gasteiger partial charge in [-0.3, -0.25) is 0 Å². The van der Waals surface area contributed by atoms with Crippen molar-refractivity contribution in [3.63, 3.8) is 0 Å². The van der Waals surface area contributed by atoms with Crippen molar-refractivity contribution in [3.05, 3.63) is 23.7 Å². The molecule has 0 atom stereocenters. The van der Waals surface area contributed by atoms with Crippen LogP contribution in [0.1, 0.15) is 37.7 Å². The maximum absolute atomic E-state index is 5.61. The molecule has 0 amide bonds. The number of hydrogen-bond acceptors (Lipinski definition) is 3. The van der Waals surface area contributed by atoms with E-state index >= 15 is 0 Å². The lowest BCUT2D eigenvalue weighted by molar-refractivity contribution is 0.162. The number of rotatable bonds is 7. The minimum Gasteiger partial charge on any atom is -0.462 e. The second-order valence-electron chi connectivity index (χ2n) is 4.76. The Balaban J connectivity index is 1.72. The molecule has 1 heterocycles. The van der Waals surface area contributed by atoms with Crippen LogP contribution in [0.2, 0.25) is 0 Å². The predicted octanol–water partition coefficient (Wildman–Crippen LogP) is 2.71. The Morgan fingerprint density at radius 1 is 1.38 bits per heavy atom. The Morgan fingerprint density at radius 3 is 2.75 bits per heavy atom. The minimum absolute atomic E-state index is 0.554. The summed E-state index contributed by atoms with van der Waals surface area (Å²) in [7, 11) is 1.68. The first-order valence-electron chi connectivity index (χ1n) is 6.05. The fourth-order valence-electron chi connectivity index (χ4n) is 2.02. The molecule has 16 heavy (non-hydrogen) atoms. The lowest BCUT2D eigenvalue weighted by Crippen LogP contribution is -2.22. The van der Waals surface area contributed by atoms with Crippen molar-refractivity contribution in [1.29, 1.82) is 0 Å². The van der Waals surface area contributed by atoms with Crippen LogP contribution >= 0.6 is 0 Å². The van der Waals surface area contributed by atoms with Gasteiger partial charge in [0.05, 0.1) is 6.54 Å². The van der Waals surface area contributed by atoms with E-state index in [1.165, 1.54) is 19.3 Å². The lowest BCUT2D eigenvalue weighted by Gasteiger charge is -2.12. The van der Waals surface area contributed by atoms with Gasteiger partial charge in [0.25, 0.3) is 0 Å². The highest BCUT2D eigenvalue weighted by molar-refractivity contribution is 5.06. The van der Waals surface area contributed by atoms with Gasteiger partial charge in [-0.2, -0.15) is 0 Å². The zero-order chi connectivity index (χ0) is 11.4. The SMILES string of the molecule is CCC1(CNCc2ccc(COC)o2)CC1. The van der Waals surface area contributed by atoms with E-state index in [0.717, 1.165) is 24.6 Å². The van der Waals surface area contributed by atoms with Crippen LogP contribution in [0.15, 0.2) is 16.5 Å². The molecule has 0 aliphatic heterocycles. The molecule has 0 spiro atoms. The molecule has 0 bridgehead atoms. The summed E-state index contributed by atoms with van der Waals surface area (Å²) in [6, 6.07) is 4.00. The first-order chi connectivity index (χ1) is 7.78. The third-order valence-corrected chi connectivity index (χ3v) is 3.51. The average Bonchev–Trinajstić information content (AvgIpc) is 2.94. The van der Waals surface area contributed by atoms with E-state index in [2.05, 4.69) is 12.2 Å². The number of nitrogens with one attached hydrogen (secondary N) is 1. The fourth-order valence-corrected chi connectivity index (χ4v) is 2.02. The number of furan rings is 1. The van der Waals surface area contributed by atoms with Gasteiger partial charge in [0.15, 0.2) is 0 Å². The summed E-state index contributed by atoms with van der Waals surface area (Å²) in [5.41, 5.74) is 0.599. The largest absolute Gasteiger partial charge is 0.462 e. The van der Waals surface area contributed by atoms with Crippen LogP contribution < -0.4 is 5.32 Å². The minimum atomic E-state index is 0.554. The van der Waals surface area contributed by atoms with Crippen molar-refractivity contribution in [2.45, 2.75) is 39.3 Å². The summed E-state index contributed by atoms with van der Waals surface area (Å²) < 4.78 is 10.6. The molecule has 3 heteroatoms. The van der Waals surface area contributed by atoms with Gasteiger partial charge in [-0.1, -0.05) is 6.92 Å². The van der Waals surface area contributed by atoms with Crippen LogP contribution in [0.3, 0.4) is 0 Å². The molecule has 3 nitrogen and oxygen atoms in total. The third-order valence-electron chi connectivity index (χ3n) is 3.51. The molecule has 2 rings (SSSR count). The molecular formula is C13H21NO2. The molecule has 1 aliphatic carbocycles. The molecule has 90 valence electrons. The Morgan fingerprint density at radius 2 is 2.12 bits per heavy atom. The van der Waals surface area contributed by atoms with E-state index in [1.807, 2.05) is 12.1 Å². The first kappa shape index (κ1) is 11.7. The first-order valence-corrected chi connectivity index (χ1v) is 6.05. The van der Waals surface area contributed by atoms with Crippen molar-refractivity contribution < 1.29 is 9.15 Å². The summed E-state index contributed by atoms with van der Waals surface area (Å²) in [5.74, 6) is 1.90. The molecule has 0 saturated heterocycles. The van der Waals surface area contributed by atoms with E-state index < -0.39 is 0 Å².